The molecule has 0 fully saturated rings. The maximum Gasteiger partial charge on any atom is 0.191 e. The first-order valence-corrected chi connectivity index (χ1v) is 11.0. The third-order valence-corrected chi connectivity index (χ3v) is 5.47. The SMILES string of the molecule is CCNC(=NCCCc1nn(-c2ccccc2)c(N)c1C#N)NCCc1cccs1.I. The fourth-order valence-corrected chi connectivity index (χ4v) is 3.79. The van der Waals surface area contributed by atoms with Crippen LogP contribution in [-0.2, 0) is 12.8 Å². The molecule has 3 aromatic rings. The Labute approximate surface area is 204 Å². The molecular formula is C22H28IN7S. The second-order valence-corrected chi connectivity index (χ2v) is 7.72. The van der Waals surface area contributed by atoms with Gasteiger partial charge < -0.3 is 16.4 Å². The molecule has 4 N–H and O–H groups in total. The standard InChI is InChI=1S/C22H27N7S.HI/c1-2-25-22(27-14-12-18-10-7-15-30-18)26-13-6-11-20-19(16-23)21(24)29(28-20)17-8-4-3-5-9-17;/h3-5,7-10,15H,2,6,11-14,24H2,1H3,(H2,25,26,27);1H. The number of halogens is 1. The molecular weight excluding hydrogens is 521 g/mol. The highest BCUT2D eigenvalue weighted by atomic mass is 127. The predicted molar refractivity (Wildman–Crippen MR) is 138 cm³/mol. The number of nitrogen functional groups attached to an aromatic ring is 1. The van der Waals surface area contributed by atoms with Gasteiger partial charge >= 0.3 is 0 Å². The average Bonchev–Trinajstić information content (AvgIpc) is 3.39. The molecule has 7 nitrogen and oxygen atoms in total. The van der Waals surface area contributed by atoms with Crippen LogP contribution in [0.4, 0.5) is 5.82 Å². The first-order chi connectivity index (χ1) is 14.7. The van der Waals surface area contributed by atoms with E-state index in [1.54, 1.807) is 16.0 Å². The van der Waals surface area contributed by atoms with E-state index in [0.29, 0.717) is 30.0 Å². The van der Waals surface area contributed by atoms with Crippen LogP contribution >= 0.6 is 35.3 Å². The number of para-hydroxylation sites is 1. The molecule has 0 radical (unpaired) electrons. The zero-order valence-corrected chi connectivity index (χ0v) is 20.7. The molecule has 0 bridgehead atoms. The first-order valence-electron chi connectivity index (χ1n) is 10.1. The molecule has 31 heavy (non-hydrogen) atoms. The van der Waals surface area contributed by atoms with Crippen LogP contribution in [0.5, 0.6) is 0 Å². The van der Waals surface area contributed by atoms with Crippen LogP contribution in [-0.4, -0.2) is 35.4 Å². The Kier molecular flexibility index (Phi) is 10.3. The van der Waals surface area contributed by atoms with E-state index in [9.17, 15) is 5.26 Å². The molecule has 0 aliphatic heterocycles. The van der Waals surface area contributed by atoms with Crippen molar-refractivity contribution in [2.45, 2.75) is 26.2 Å². The summed E-state index contributed by atoms with van der Waals surface area (Å²) in [5.41, 5.74) is 8.17. The van der Waals surface area contributed by atoms with Crippen molar-refractivity contribution in [3.8, 4) is 11.8 Å². The van der Waals surface area contributed by atoms with Crippen LogP contribution in [0.25, 0.3) is 5.69 Å². The number of aryl methyl sites for hydroxylation is 1. The van der Waals surface area contributed by atoms with Crippen LogP contribution in [0.15, 0.2) is 52.8 Å². The number of nitrogens with one attached hydrogen (secondary N) is 2. The first kappa shape index (κ1) is 24.7. The maximum absolute atomic E-state index is 9.52. The molecule has 3 rings (SSSR count). The second-order valence-electron chi connectivity index (χ2n) is 6.69. The highest BCUT2D eigenvalue weighted by Gasteiger charge is 2.16. The quantitative estimate of drug-likeness (QED) is 0.163. The molecule has 0 aliphatic rings. The molecule has 0 unspecified atom stereocenters. The summed E-state index contributed by atoms with van der Waals surface area (Å²) in [6, 6.07) is 16.0. The third-order valence-electron chi connectivity index (χ3n) is 4.54. The van der Waals surface area contributed by atoms with E-state index in [-0.39, 0.29) is 24.0 Å². The van der Waals surface area contributed by atoms with E-state index in [0.717, 1.165) is 37.6 Å². The number of rotatable bonds is 9. The number of guanidine groups is 1. The van der Waals surface area contributed by atoms with E-state index in [1.807, 2.05) is 30.3 Å². The van der Waals surface area contributed by atoms with Gasteiger partial charge in [0, 0.05) is 24.5 Å². The Morgan fingerprint density at radius 3 is 2.68 bits per heavy atom. The molecule has 2 heterocycles. The minimum absolute atomic E-state index is 0. The highest BCUT2D eigenvalue weighted by molar-refractivity contribution is 14.0. The molecule has 1 aromatic carbocycles. The van der Waals surface area contributed by atoms with Gasteiger partial charge in [-0.3, -0.25) is 4.99 Å². The predicted octanol–water partition coefficient (Wildman–Crippen LogP) is 3.74. The number of hydrogen-bond donors (Lipinski definition) is 3. The Morgan fingerprint density at radius 1 is 1.19 bits per heavy atom. The van der Waals surface area contributed by atoms with Crippen molar-refractivity contribution in [2.75, 3.05) is 25.4 Å². The smallest absolute Gasteiger partial charge is 0.191 e. The van der Waals surface area contributed by atoms with Gasteiger partial charge in [-0.15, -0.1) is 35.3 Å². The van der Waals surface area contributed by atoms with Gasteiger partial charge in [0.25, 0.3) is 0 Å². The Morgan fingerprint density at radius 2 is 2.00 bits per heavy atom. The number of thiophene rings is 1. The molecule has 9 heteroatoms. The van der Waals surface area contributed by atoms with Crippen molar-refractivity contribution >= 4 is 47.1 Å². The normalized spacial score (nSPS) is 10.9. The summed E-state index contributed by atoms with van der Waals surface area (Å²) in [5.74, 6) is 1.19. The van der Waals surface area contributed by atoms with E-state index in [2.05, 4.69) is 51.2 Å². The molecule has 0 saturated carbocycles. The monoisotopic (exact) mass is 549 g/mol. The van der Waals surface area contributed by atoms with Crippen molar-refractivity contribution in [1.29, 1.82) is 5.26 Å². The van der Waals surface area contributed by atoms with Crippen LogP contribution in [0, 0.1) is 11.3 Å². The summed E-state index contributed by atoms with van der Waals surface area (Å²) in [5, 5.41) is 22.8. The number of benzene rings is 1. The number of anilines is 1. The van der Waals surface area contributed by atoms with Crippen molar-refractivity contribution in [2.24, 2.45) is 4.99 Å². The van der Waals surface area contributed by atoms with E-state index >= 15 is 0 Å². The highest BCUT2D eigenvalue weighted by Crippen LogP contribution is 2.21. The van der Waals surface area contributed by atoms with Gasteiger partial charge in [-0.05, 0) is 49.8 Å². The molecule has 0 aliphatic carbocycles. The molecule has 0 spiro atoms. The number of nitriles is 1. The lowest BCUT2D eigenvalue weighted by molar-refractivity contribution is 0.757. The lowest BCUT2D eigenvalue weighted by atomic mass is 10.1. The molecule has 164 valence electrons. The summed E-state index contributed by atoms with van der Waals surface area (Å²) in [6.07, 6.45) is 2.40. The van der Waals surface area contributed by atoms with Gasteiger partial charge in [0.15, 0.2) is 5.96 Å². The average molecular weight is 549 g/mol. The fourth-order valence-electron chi connectivity index (χ4n) is 3.08. The fraction of sp³-hybridized carbons (Fsp3) is 0.318. The number of hydrogen-bond acceptors (Lipinski definition) is 5. The lowest BCUT2D eigenvalue weighted by Crippen LogP contribution is -2.38. The van der Waals surface area contributed by atoms with Gasteiger partial charge in [-0.2, -0.15) is 10.4 Å². The molecule has 0 amide bonds. The number of aromatic nitrogens is 2. The van der Waals surface area contributed by atoms with Crippen LogP contribution < -0.4 is 16.4 Å². The van der Waals surface area contributed by atoms with Crippen LogP contribution in [0.3, 0.4) is 0 Å². The third kappa shape index (κ3) is 6.97. The second kappa shape index (κ2) is 13.0. The Balaban J connectivity index is 0.00000341. The number of nitrogens with zero attached hydrogens (tertiary/aromatic N) is 4. The van der Waals surface area contributed by atoms with Crippen LogP contribution in [0.2, 0.25) is 0 Å². The molecule has 2 aromatic heterocycles. The lowest BCUT2D eigenvalue weighted by Gasteiger charge is -2.10. The topological polar surface area (TPSA) is 104 Å². The molecule has 0 atom stereocenters. The van der Waals surface area contributed by atoms with Crippen molar-refractivity contribution in [1.82, 2.24) is 20.4 Å². The summed E-state index contributed by atoms with van der Waals surface area (Å²) in [6.45, 7) is 4.33. The van der Waals surface area contributed by atoms with Crippen LogP contribution in [0.1, 0.15) is 29.5 Å². The molecule has 0 saturated heterocycles. The van der Waals surface area contributed by atoms with Crippen molar-refractivity contribution in [3.63, 3.8) is 0 Å². The summed E-state index contributed by atoms with van der Waals surface area (Å²) in [7, 11) is 0. The Bertz CT molecular complexity index is 991. The van der Waals surface area contributed by atoms with E-state index in [1.165, 1.54) is 4.88 Å². The van der Waals surface area contributed by atoms with Crippen molar-refractivity contribution in [3.05, 3.63) is 64.0 Å². The largest absolute Gasteiger partial charge is 0.382 e. The van der Waals surface area contributed by atoms with E-state index < -0.39 is 0 Å². The summed E-state index contributed by atoms with van der Waals surface area (Å²) >= 11 is 1.77. The zero-order chi connectivity index (χ0) is 21.2. The summed E-state index contributed by atoms with van der Waals surface area (Å²) in [4.78, 5) is 5.99. The van der Waals surface area contributed by atoms with Gasteiger partial charge in [-0.25, -0.2) is 4.68 Å². The minimum atomic E-state index is 0. The maximum atomic E-state index is 9.52. The number of nitrogens with two attached hydrogens (primary N) is 1. The minimum Gasteiger partial charge on any atom is -0.382 e. The van der Waals surface area contributed by atoms with Gasteiger partial charge in [-0.1, -0.05) is 24.3 Å². The van der Waals surface area contributed by atoms with E-state index in [4.69, 9.17) is 5.73 Å². The Hall–Kier alpha value is -2.58. The van der Waals surface area contributed by atoms with Gasteiger partial charge in [0.1, 0.15) is 17.5 Å². The van der Waals surface area contributed by atoms with Crippen molar-refractivity contribution < 1.29 is 0 Å². The van der Waals surface area contributed by atoms with Gasteiger partial charge in [0.2, 0.25) is 0 Å². The summed E-state index contributed by atoms with van der Waals surface area (Å²) < 4.78 is 1.63. The number of aliphatic imine (C=N–C) groups is 1. The zero-order valence-electron chi connectivity index (χ0n) is 17.5. The van der Waals surface area contributed by atoms with Gasteiger partial charge in [0.05, 0.1) is 11.4 Å².